The Labute approximate surface area is 175 Å². The van der Waals surface area contributed by atoms with Gasteiger partial charge in [-0.3, -0.25) is 0 Å². The summed E-state index contributed by atoms with van der Waals surface area (Å²) in [5.41, 5.74) is 5.82. The summed E-state index contributed by atoms with van der Waals surface area (Å²) >= 11 is 3.63. The molecule has 140 valence electrons. The summed E-state index contributed by atoms with van der Waals surface area (Å²) in [4.78, 5) is 12.2. The number of hydrogen-bond donors (Lipinski definition) is 2. The van der Waals surface area contributed by atoms with E-state index in [2.05, 4.69) is 99.6 Å². The number of nitrogens with zero attached hydrogens (tertiary/aromatic N) is 1. The Balaban J connectivity index is 1.63. The summed E-state index contributed by atoms with van der Waals surface area (Å²) in [7, 11) is 0. The van der Waals surface area contributed by atoms with Crippen LogP contribution in [0, 0.1) is 6.92 Å². The van der Waals surface area contributed by atoms with Crippen LogP contribution in [0.4, 0.5) is 0 Å². The lowest BCUT2D eigenvalue weighted by atomic mass is 10.0. The molecule has 0 aliphatic rings. The molecule has 0 atom stereocenters. The second-order valence-electron chi connectivity index (χ2n) is 7.59. The van der Waals surface area contributed by atoms with Crippen molar-refractivity contribution in [3.8, 4) is 0 Å². The Morgan fingerprint density at radius 3 is 2.38 bits per heavy atom. The fourth-order valence-corrected chi connectivity index (χ4v) is 4.87. The summed E-state index contributed by atoms with van der Waals surface area (Å²) in [5, 5.41) is 6.14. The molecule has 2 N–H and O–H groups in total. The Bertz CT molecular complexity index is 1560. The lowest BCUT2D eigenvalue weighted by Crippen LogP contribution is -1.92. The predicted molar refractivity (Wildman–Crippen MR) is 125 cm³/mol. The zero-order valence-corrected chi connectivity index (χ0v) is 17.5. The molecule has 0 fully saturated rings. The minimum atomic E-state index is 0.772. The molecular weight excluding hydrogens is 422 g/mol. The van der Waals surface area contributed by atoms with Crippen molar-refractivity contribution in [2.75, 3.05) is 0 Å². The SMILES string of the molecule is Cc1[nH]c2ccccc2c1Cc1nc2c3cc(Br)ccc3c3ccccc3c2[nH]1. The third kappa shape index (κ3) is 2.52. The van der Waals surface area contributed by atoms with E-state index >= 15 is 0 Å². The van der Waals surface area contributed by atoms with Crippen molar-refractivity contribution in [3.05, 3.63) is 88.3 Å². The molecule has 0 saturated heterocycles. The van der Waals surface area contributed by atoms with Crippen molar-refractivity contribution in [3.63, 3.8) is 0 Å². The first-order valence-electron chi connectivity index (χ1n) is 9.74. The first-order chi connectivity index (χ1) is 14.2. The summed E-state index contributed by atoms with van der Waals surface area (Å²) in [6.45, 7) is 2.14. The molecule has 29 heavy (non-hydrogen) atoms. The van der Waals surface area contributed by atoms with Crippen molar-refractivity contribution in [2.24, 2.45) is 0 Å². The summed E-state index contributed by atoms with van der Waals surface area (Å²) in [6.07, 6.45) is 0.772. The quantitative estimate of drug-likeness (QED) is 0.280. The number of imidazole rings is 1. The third-order valence-corrected chi connectivity index (χ3v) is 6.34. The van der Waals surface area contributed by atoms with Gasteiger partial charge in [0.05, 0.1) is 11.0 Å². The smallest absolute Gasteiger partial charge is 0.111 e. The highest BCUT2D eigenvalue weighted by molar-refractivity contribution is 9.10. The second-order valence-corrected chi connectivity index (χ2v) is 8.51. The van der Waals surface area contributed by atoms with Crippen molar-refractivity contribution >= 4 is 59.4 Å². The number of hydrogen-bond acceptors (Lipinski definition) is 1. The van der Waals surface area contributed by atoms with E-state index in [1.54, 1.807) is 0 Å². The molecule has 0 spiro atoms. The van der Waals surface area contributed by atoms with E-state index in [4.69, 9.17) is 4.98 Å². The second kappa shape index (κ2) is 6.19. The first-order valence-corrected chi connectivity index (χ1v) is 10.5. The summed E-state index contributed by atoms with van der Waals surface area (Å²) < 4.78 is 1.07. The van der Waals surface area contributed by atoms with Gasteiger partial charge in [-0.1, -0.05) is 64.5 Å². The van der Waals surface area contributed by atoms with Gasteiger partial charge >= 0.3 is 0 Å². The van der Waals surface area contributed by atoms with Crippen molar-refractivity contribution in [2.45, 2.75) is 13.3 Å². The highest BCUT2D eigenvalue weighted by Crippen LogP contribution is 2.35. The fourth-order valence-electron chi connectivity index (χ4n) is 4.51. The highest BCUT2D eigenvalue weighted by atomic mass is 79.9. The van der Waals surface area contributed by atoms with Crippen LogP contribution >= 0.6 is 15.9 Å². The molecule has 0 aliphatic carbocycles. The normalized spacial score (nSPS) is 11.9. The molecule has 4 heteroatoms. The first kappa shape index (κ1) is 16.8. The van der Waals surface area contributed by atoms with E-state index < -0.39 is 0 Å². The Morgan fingerprint density at radius 2 is 1.52 bits per heavy atom. The topological polar surface area (TPSA) is 44.5 Å². The molecule has 3 nitrogen and oxygen atoms in total. The number of H-pyrrole nitrogens is 2. The molecule has 0 unspecified atom stereocenters. The van der Waals surface area contributed by atoms with Gasteiger partial charge in [0.25, 0.3) is 0 Å². The number of aryl methyl sites for hydroxylation is 1. The molecule has 6 rings (SSSR count). The number of aromatic amines is 2. The molecular formula is C25H18BrN3. The average Bonchev–Trinajstić information content (AvgIpc) is 3.30. The van der Waals surface area contributed by atoms with Gasteiger partial charge in [0.2, 0.25) is 0 Å². The largest absolute Gasteiger partial charge is 0.358 e. The number of rotatable bonds is 2. The standard InChI is InChI=1S/C25H18BrN3/c1-14-20(18-7-4-5-9-22(18)27-14)13-23-28-24-19-8-3-2-6-16(19)17-11-10-15(26)12-21(17)25(24)29-23/h2-12,27H,13H2,1H3,(H,28,29). The molecule has 0 saturated carbocycles. The highest BCUT2D eigenvalue weighted by Gasteiger charge is 2.15. The molecule has 0 amide bonds. The lowest BCUT2D eigenvalue weighted by Gasteiger charge is -2.06. The van der Waals surface area contributed by atoms with E-state index in [9.17, 15) is 0 Å². The zero-order chi connectivity index (χ0) is 19.5. The van der Waals surface area contributed by atoms with Crippen molar-refractivity contribution < 1.29 is 0 Å². The number of benzene rings is 4. The maximum atomic E-state index is 5.06. The Morgan fingerprint density at radius 1 is 0.793 bits per heavy atom. The van der Waals surface area contributed by atoms with Crippen LogP contribution in [-0.4, -0.2) is 15.0 Å². The summed E-state index contributed by atoms with van der Waals surface area (Å²) in [5.74, 6) is 0.991. The molecule has 2 aromatic heterocycles. The molecule has 0 radical (unpaired) electrons. The molecule has 6 aromatic rings. The van der Waals surface area contributed by atoms with Crippen LogP contribution in [0.25, 0.3) is 43.5 Å². The van der Waals surface area contributed by atoms with E-state index in [0.29, 0.717) is 0 Å². The van der Waals surface area contributed by atoms with Crippen molar-refractivity contribution in [1.29, 1.82) is 0 Å². The minimum Gasteiger partial charge on any atom is -0.358 e. The Kier molecular flexibility index (Phi) is 3.59. The van der Waals surface area contributed by atoms with Gasteiger partial charge < -0.3 is 9.97 Å². The molecule has 0 bridgehead atoms. The van der Waals surface area contributed by atoms with Crippen LogP contribution in [0.5, 0.6) is 0 Å². The van der Waals surface area contributed by atoms with Crippen LogP contribution in [0.15, 0.2) is 71.2 Å². The molecule has 4 aromatic carbocycles. The Hall–Kier alpha value is -3.11. The van der Waals surface area contributed by atoms with Crippen LogP contribution in [0.1, 0.15) is 17.1 Å². The van der Waals surface area contributed by atoms with Gasteiger partial charge in [-0.25, -0.2) is 4.98 Å². The lowest BCUT2D eigenvalue weighted by molar-refractivity contribution is 1.03. The summed E-state index contributed by atoms with van der Waals surface area (Å²) in [6, 6.07) is 23.5. The van der Waals surface area contributed by atoms with Gasteiger partial charge in [0.15, 0.2) is 0 Å². The maximum Gasteiger partial charge on any atom is 0.111 e. The number of halogens is 1. The van der Waals surface area contributed by atoms with Gasteiger partial charge in [0.1, 0.15) is 5.82 Å². The van der Waals surface area contributed by atoms with Crippen LogP contribution in [-0.2, 0) is 6.42 Å². The minimum absolute atomic E-state index is 0.772. The van der Waals surface area contributed by atoms with Gasteiger partial charge in [-0.15, -0.1) is 0 Å². The molecule has 2 heterocycles. The van der Waals surface area contributed by atoms with Gasteiger partial charge in [-0.2, -0.15) is 0 Å². The molecule has 0 aliphatic heterocycles. The van der Waals surface area contributed by atoms with E-state index in [1.165, 1.54) is 43.7 Å². The van der Waals surface area contributed by atoms with Gasteiger partial charge in [-0.05, 0) is 41.5 Å². The third-order valence-electron chi connectivity index (χ3n) is 5.85. The van der Waals surface area contributed by atoms with Gasteiger partial charge in [0, 0.05) is 38.3 Å². The average molecular weight is 440 g/mol. The zero-order valence-electron chi connectivity index (χ0n) is 15.9. The number of fused-ring (bicyclic) bond motifs is 7. The van der Waals surface area contributed by atoms with Crippen molar-refractivity contribution in [1.82, 2.24) is 15.0 Å². The fraction of sp³-hybridized carbons (Fsp3) is 0.0800. The van der Waals surface area contributed by atoms with E-state index in [1.807, 2.05) is 0 Å². The number of aromatic nitrogens is 3. The van der Waals surface area contributed by atoms with Crippen LogP contribution in [0.3, 0.4) is 0 Å². The van der Waals surface area contributed by atoms with Crippen LogP contribution in [0.2, 0.25) is 0 Å². The van der Waals surface area contributed by atoms with E-state index in [-0.39, 0.29) is 0 Å². The van der Waals surface area contributed by atoms with E-state index in [0.717, 1.165) is 27.8 Å². The number of nitrogens with one attached hydrogen (secondary N) is 2. The monoisotopic (exact) mass is 439 g/mol. The van der Waals surface area contributed by atoms with Crippen LogP contribution < -0.4 is 0 Å². The number of para-hydroxylation sites is 1. The maximum absolute atomic E-state index is 5.06. The predicted octanol–water partition coefficient (Wildman–Crippen LogP) is 7.01.